The maximum Gasteiger partial charge on any atom is 0.238 e. The molecule has 0 spiro atoms. The van der Waals surface area contributed by atoms with Crippen molar-refractivity contribution >= 4 is 15.9 Å². The minimum Gasteiger partial charge on any atom is -0.352 e. The fourth-order valence-corrected chi connectivity index (χ4v) is 2.39. The minimum atomic E-state index is -3.73. The molecule has 2 rings (SSSR count). The molecule has 7 heteroatoms. The maximum absolute atomic E-state index is 13.4. The highest BCUT2D eigenvalue weighted by atomic mass is 32.2. The molecule has 0 aliphatic rings. The number of nitrogens with one attached hydrogen (secondary N) is 1. The van der Waals surface area contributed by atoms with Gasteiger partial charge >= 0.3 is 0 Å². The van der Waals surface area contributed by atoms with Gasteiger partial charge in [-0.25, -0.2) is 17.9 Å². The fourth-order valence-electron chi connectivity index (χ4n) is 1.87. The van der Waals surface area contributed by atoms with Gasteiger partial charge in [0.15, 0.2) is 0 Å². The van der Waals surface area contributed by atoms with E-state index in [9.17, 15) is 17.6 Å². The van der Waals surface area contributed by atoms with Crippen LogP contribution in [-0.4, -0.2) is 14.3 Å². The molecular formula is C15H15FN2O3S. The lowest BCUT2D eigenvalue weighted by Crippen LogP contribution is -2.25. The van der Waals surface area contributed by atoms with Gasteiger partial charge in [0.2, 0.25) is 15.9 Å². The zero-order chi connectivity index (χ0) is 16.2. The largest absolute Gasteiger partial charge is 0.352 e. The van der Waals surface area contributed by atoms with Gasteiger partial charge in [0.1, 0.15) is 5.82 Å². The SMILES string of the molecule is NS(=O)(=O)c1ccc(CNC(=O)Cc2ccccc2F)cc1. The summed E-state index contributed by atoms with van der Waals surface area (Å²) in [6, 6.07) is 11.9. The second kappa shape index (κ2) is 6.67. The van der Waals surface area contributed by atoms with E-state index in [1.165, 1.54) is 18.2 Å². The van der Waals surface area contributed by atoms with E-state index in [0.29, 0.717) is 11.1 Å². The average Bonchev–Trinajstić information content (AvgIpc) is 2.47. The van der Waals surface area contributed by atoms with Gasteiger partial charge in [0, 0.05) is 6.54 Å². The highest BCUT2D eigenvalue weighted by molar-refractivity contribution is 7.89. The van der Waals surface area contributed by atoms with Crippen LogP contribution in [0.25, 0.3) is 0 Å². The van der Waals surface area contributed by atoms with Gasteiger partial charge in [-0.1, -0.05) is 30.3 Å². The average molecular weight is 322 g/mol. The normalized spacial score (nSPS) is 11.2. The molecule has 0 heterocycles. The molecule has 0 bridgehead atoms. The van der Waals surface area contributed by atoms with Crippen LogP contribution in [0.4, 0.5) is 4.39 Å². The van der Waals surface area contributed by atoms with Crippen LogP contribution in [0.15, 0.2) is 53.4 Å². The van der Waals surface area contributed by atoms with Crippen molar-refractivity contribution in [3.8, 4) is 0 Å². The molecule has 0 aliphatic carbocycles. The van der Waals surface area contributed by atoms with E-state index >= 15 is 0 Å². The zero-order valence-corrected chi connectivity index (χ0v) is 12.4. The highest BCUT2D eigenvalue weighted by Crippen LogP contribution is 2.09. The first-order valence-corrected chi connectivity index (χ1v) is 8.03. The van der Waals surface area contributed by atoms with Gasteiger partial charge in [-0.2, -0.15) is 0 Å². The topological polar surface area (TPSA) is 89.3 Å². The summed E-state index contributed by atoms with van der Waals surface area (Å²) in [6.45, 7) is 0.220. The molecule has 2 aromatic carbocycles. The lowest BCUT2D eigenvalue weighted by atomic mass is 10.1. The Bertz CT molecular complexity index is 774. The number of nitrogens with two attached hydrogens (primary N) is 1. The Morgan fingerprint density at radius 1 is 1.09 bits per heavy atom. The van der Waals surface area contributed by atoms with Crippen LogP contribution in [0.3, 0.4) is 0 Å². The Labute approximate surface area is 128 Å². The molecule has 0 aliphatic heterocycles. The van der Waals surface area contributed by atoms with Crippen LogP contribution < -0.4 is 10.5 Å². The number of carbonyl (C=O) groups excluding carboxylic acids is 1. The monoisotopic (exact) mass is 322 g/mol. The first-order valence-electron chi connectivity index (χ1n) is 6.48. The Hall–Kier alpha value is -2.25. The Kier molecular flexibility index (Phi) is 4.89. The number of hydrogen-bond acceptors (Lipinski definition) is 3. The standard InChI is InChI=1S/C15H15FN2O3S/c16-14-4-2-1-3-12(14)9-15(19)18-10-11-5-7-13(8-6-11)22(17,20)21/h1-8H,9-10H2,(H,18,19)(H2,17,20,21). The van der Waals surface area contributed by atoms with E-state index in [2.05, 4.69) is 5.32 Å². The molecule has 0 saturated heterocycles. The molecule has 1 amide bonds. The Morgan fingerprint density at radius 3 is 2.32 bits per heavy atom. The van der Waals surface area contributed by atoms with Crippen molar-refractivity contribution in [2.45, 2.75) is 17.9 Å². The van der Waals surface area contributed by atoms with Crippen molar-refractivity contribution in [2.75, 3.05) is 0 Å². The van der Waals surface area contributed by atoms with Crippen LogP contribution in [0.1, 0.15) is 11.1 Å². The molecule has 0 radical (unpaired) electrons. The van der Waals surface area contributed by atoms with Crippen molar-refractivity contribution < 1.29 is 17.6 Å². The molecule has 116 valence electrons. The Balaban J connectivity index is 1.93. The summed E-state index contributed by atoms with van der Waals surface area (Å²) >= 11 is 0. The van der Waals surface area contributed by atoms with Gasteiger partial charge in [-0.15, -0.1) is 0 Å². The van der Waals surface area contributed by atoms with Crippen molar-refractivity contribution in [3.05, 3.63) is 65.5 Å². The minimum absolute atomic E-state index is 0.00827. The number of hydrogen-bond donors (Lipinski definition) is 2. The van der Waals surface area contributed by atoms with Gasteiger partial charge in [-0.05, 0) is 29.3 Å². The number of benzene rings is 2. The molecule has 0 unspecified atom stereocenters. The summed E-state index contributed by atoms with van der Waals surface area (Å²) in [7, 11) is -3.73. The molecular weight excluding hydrogens is 307 g/mol. The van der Waals surface area contributed by atoms with E-state index in [1.807, 2.05) is 0 Å². The number of sulfonamides is 1. The predicted octanol–water partition coefficient (Wildman–Crippen LogP) is 1.33. The lowest BCUT2D eigenvalue weighted by molar-refractivity contribution is -0.120. The molecule has 0 saturated carbocycles. The smallest absolute Gasteiger partial charge is 0.238 e. The summed E-state index contributed by atoms with van der Waals surface area (Å²) < 4.78 is 35.7. The van der Waals surface area contributed by atoms with Crippen LogP contribution in [-0.2, 0) is 27.8 Å². The third kappa shape index (κ3) is 4.37. The molecule has 2 aromatic rings. The summed E-state index contributed by atoms with van der Waals surface area (Å²) in [5, 5.41) is 7.64. The second-order valence-corrected chi connectivity index (χ2v) is 6.30. The van der Waals surface area contributed by atoms with E-state index in [1.54, 1.807) is 30.3 Å². The number of rotatable bonds is 5. The number of amides is 1. The third-order valence-corrected chi connectivity index (χ3v) is 3.98. The summed E-state index contributed by atoms with van der Waals surface area (Å²) in [6.07, 6.45) is -0.0536. The van der Waals surface area contributed by atoms with E-state index < -0.39 is 15.8 Å². The molecule has 0 fully saturated rings. The van der Waals surface area contributed by atoms with E-state index in [-0.39, 0.29) is 23.8 Å². The summed E-state index contributed by atoms with van der Waals surface area (Å²) in [5.74, 6) is -0.740. The molecule has 22 heavy (non-hydrogen) atoms. The van der Waals surface area contributed by atoms with Crippen molar-refractivity contribution in [1.29, 1.82) is 0 Å². The van der Waals surface area contributed by atoms with Crippen molar-refractivity contribution in [2.24, 2.45) is 5.14 Å². The number of primary sulfonamides is 1. The van der Waals surface area contributed by atoms with Crippen LogP contribution in [0.2, 0.25) is 0 Å². The molecule has 3 N–H and O–H groups in total. The fraction of sp³-hybridized carbons (Fsp3) is 0.133. The molecule has 0 aromatic heterocycles. The van der Waals surface area contributed by atoms with Crippen LogP contribution in [0.5, 0.6) is 0 Å². The van der Waals surface area contributed by atoms with Gasteiger partial charge < -0.3 is 5.32 Å². The molecule has 5 nitrogen and oxygen atoms in total. The van der Waals surface area contributed by atoms with E-state index in [4.69, 9.17) is 5.14 Å². The lowest BCUT2D eigenvalue weighted by Gasteiger charge is -2.07. The van der Waals surface area contributed by atoms with Gasteiger partial charge in [-0.3, -0.25) is 4.79 Å². The van der Waals surface area contributed by atoms with Gasteiger partial charge in [0.25, 0.3) is 0 Å². The third-order valence-electron chi connectivity index (χ3n) is 3.05. The maximum atomic E-state index is 13.4. The Morgan fingerprint density at radius 2 is 1.73 bits per heavy atom. The molecule has 0 atom stereocenters. The zero-order valence-electron chi connectivity index (χ0n) is 11.6. The summed E-state index contributed by atoms with van der Waals surface area (Å²) in [4.78, 5) is 11.8. The van der Waals surface area contributed by atoms with E-state index in [0.717, 1.165) is 0 Å². The van der Waals surface area contributed by atoms with Gasteiger partial charge in [0.05, 0.1) is 11.3 Å². The number of halogens is 1. The van der Waals surface area contributed by atoms with Crippen molar-refractivity contribution in [3.63, 3.8) is 0 Å². The van der Waals surface area contributed by atoms with Crippen molar-refractivity contribution in [1.82, 2.24) is 5.32 Å². The quantitative estimate of drug-likeness (QED) is 0.870. The summed E-state index contributed by atoms with van der Waals surface area (Å²) in [5.41, 5.74) is 1.04. The number of carbonyl (C=O) groups is 1. The van der Waals surface area contributed by atoms with Crippen LogP contribution >= 0.6 is 0 Å². The first kappa shape index (κ1) is 16.1. The van der Waals surface area contributed by atoms with Crippen LogP contribution in [0, 0.1) is 5.82 Å². The predicted molar refractivity (Wildman–Crippen MR) is 79.8 cm³/mol. The highest BCUT2D eigenvalue weighted by Gasteiger charge is 2.09. The second-order valence-electron chi connectivity index (χ2n) is 4.73. The first-order chi connectivity index (χ1) is 10.4.